The molecule has 1 rings (SSSR count). The second-order valence-electron chi connectivity index (χ2n) is 7.71. The third-order valence-electron chi connectivity index (χ3n) is 2.83. The summed E-state index contributed by atoms with van der Waals surface area (Å²) in [4.78, 5) is 0. The zero-order valence-electron chi connectivity index (χ0n) is 16.4. The molecule has 0 spiro atoms. The Labute approximate surface area is 150 Å². The summed E-state index contributed by atoms with van der Waals surface area (Å²) in [5, 5.41) is 0. The van der Waals surface area contributed by atoms with Crippen LogP contribution >= 0.6 is 0 Å². The summed E-state index contributed by atoms with van der Waals surface area (Å²) in [6.45, 7) is 18.6. The van der Waals surface area contributed by atoms with E-state index in [1.165, 1.54) is 0 Å². The Kier molecular flexibility index (Phi) is 7.20. The molecule has 0 atom stereocenters. The van der Waals surface area contributed by atoms with Gasteiger partial charge in [-0.25, -0.2) is 0 Å². The van der Waals surface area contributed by atoms with E-state index in [2.05, 4.69) is 62.2 Å². The van der Waals surface area contributed by atoms with Gasteiger partial charge in [0, 0.05) is 12.1 Å². The molecule has 0 saturated carbocycles. The highest BCUT2D eigenvalue weighted by Gasteiger charge is 2.13. The van der Waals surface area contributed by atoms with Gasteiger partial charge in [-0.2, -0.15) is 0 Å². The lowest BCUT2D eigenvalue weighted by molar-refractivity contribution is 0.329. The molecule has 0 unspecified atom stereocenters. The molecule has 0 amide bonds. The number of ether oxygens (including phenoxy) is 2. The maximum atomic E-state index is 5.81. The van der Waals surface area contributed by atoms with Gasteiger partial charge in [0.1, 0.15) is 27.6 Å². The zero-order valence-corrected chi connectivity index (χ0v) is 18.4. The monoisotopic (exact) mass is 358 g/mol. The topological polar surface area (TPSA) is 18.5 Å². The van der Waals surface area contributed by atoms with Crippen LogP contribution in [0.3, 0.4) is 0 Å². The van der Waals surface area contributed by atoms with Crippen molar-refractivity contribution >= 4 is 16.1 Å². The van der Waals surface area contributed by atoms with Crippen molar-refractivity contribution in [2.75, 3.05) is 13.2 Å². The highest BCUT2D eigenvalue weighted by Crippen LogP contribution is 2.28. The van der Waals surface area contributed by atoms with Crippen molar-refractivity contribution in [1.82, 2.24) is 0 Å². The van der Waals surface area contributed by atoms with Crippen molar-refractivity contribution in [2.45, 2.75) is 53.1 Å². The lowest BCUT2D eigenvalue weighted by Crippen LogP contribution is -2.16. The molecular weight excluding hydrogens is 328 g/mol. The van der Waals surface area contributed by atoms with E-state index >= 15 is 0 Å². The summed E-state index contributed by atoms with van der Waals surface area (Å²) in [6, 6.07) is 3.96. The second-order valence-corrected chi connectivity index (χ2v) is 17.2. The van der Waals surface area contributed by atoms with Gasteiger partial charge in [-0.3, -0.25) is 0 Å². The van der Waals surface area contributed by atoms with Crippen molar-refractivity contribution in [3.05, 3.63) is 23.3 Å². The number of benzene rings is 1. The number of hydrogen-bond acceptors (Lipinski definition) is 2. The molecule has 2 nitrogen and oxygen atoms in total. The van der Waals surface area contributed by atoms with E-state index in [-0.39, 0.29) is 0 Å². The minimum Gasteiger partial charge on any atom is -0.493 e. The molecule has 1 aromatic carbocycles. The van der Waals surface area contributed by atoms with Crippen molar-refractivity contribution in [2.24, 2.45) is 0 Å². The molecule has 0 radical (unpaired) electrons. The maximum Gasteiger partial charge on any atom is 0.136 e. The highest BCUT2D eigenvalue weighted by molar-refractivity contribution is 6.84. The van der Waals surface area contributed by atoms with Gasteiger partial charge in [0.2, 0.25) is 0 Å². The van der Waals surface area contributed by atoms with Gasteiger partial charge in [0.25, 0.3) is 0 Å². The van der Waals surface area contributed by atoms with Crippen molar-refractivity contribution in [3.8, 4) is 34.4 Å². The maximum absolute atomic E-state index is 5.81. The van der Waals surface area contributed by atoms with E-state index in [9.17, 15) is 0 Å². The van der Waals surface area contributed by atoms with Crippen LogP contribution in [0.1, 0.15) is 25.0 Å². The molecule has 0 saturated heterocycles. The standard InChI is InChI=1S/C20H30O2Si2/c1-9-21-19-15-18(12-14-24(6,7)8)20(22-10-2)16-17(19)11-13-23(3,4)5/h15-16H,9-10H2,1-8H3. The second kappa shape index (κ2) is 8.47. The van der Waals surface area contributed by atoms with Crippen LogP contribution in [0.4, 0.5) is 0 Å². The molecule has 0 aliphatic heterocycles. The molecule has 130 valence electrons. The summed E-state index contributed by atoms with van der Waals surface area (Å²) in [6.07, 6.45) is 0. The van der Waals surface area contributed by atoms with E-state index in [0.29, 0.717) is 13.2 Å². The van der Waals surface area contributed by atoms with Gasteiger partial charge < -0.3 is 9.47 Å². The highest BCUT2D eigenvalue weighted by atomic mass is 28.3. The van der Waals surface area contributed by atoms with Crippen LogP contribution < -0.4 is 9.47 Å². The fourth-order valence-electron chi connectivity index (χ4n) is 1.81. The molecule has 0 N–H and O–H groups in total. The average molecular weight is 359 g/mol. The Morgan fingerprint density at radius 3 is 1.29 bits per heavy atom. The Morgan fingerprint density at radius 1 is 0.708 bits per heavy atom. The Morgan fingerprint density at radius 2 is 1.04 bits per heavy atom. The zero-order chi connectivity index (χ0) is 18.4. The molecule has 0 aliphatic carbocycles. The van der Waals surface area contributed by atoms with E-state index < -0.39 is 16.1 Å². The minimum absolute atomic E-state index is 0.608. The van der Waals surface area contributed by atoms with Crippen LogP contribution in [0.15, 0.2) is 12.1 Å². The van der Waals surface area contributed by atoms with Gasteiger partial charge >= 0.3 is 0 Å². The minimum atomic E-state index is -1.46. The van der Waals surface area contributed by atoms with Gasteiger partial charge in [-0.1, -0.05) is 51.1 Å². The number of rotatable bonds is 4. The molecule has 0 aromatic heterocycles. The molecule has 1 aromatic rings. The van der Waals surface area contributed by atoms with Gasteiger partial charge in [0.15, 0.2) is 0 Å². The van der Waals surface area contributed by atoms with Crippen molar-refractivity contribution in [3.63, 3.8) is 0 Å². The summed E-state index contributed by atoms with van der Waals surface area (Å²) >= 11 is 0. The smallest absolute Gasteiger partial charge is 0.136 e. The molecular formula is C20H30O2Si2. The van der Waals surface area contributed by atoms with Gasteiger partial charge in [-0.05, 0) is 13.8 Å². The van der Waals surface area contributed by atoms with Crippen LogP contribution in [0.2, 0.25) is 39.3 Å². The summed E-state index contributed by atoms with van der Waals surface area (Å²) in [7, 11) is -2.91. The normalized spacial score (nSPS) is 11.0. The van der Waals surface area contributed by atoms with Crippen LogP contribution in [-0.2, 0) is 0 Å². The Hall–Kier alpha value is -1.63. The van der Waals surface area contributed by atoms with Crippen molar-refractivity contribution < 1.29 is 9.47 Å². The average Bonchev–Trinajstić information content (AvgIpc) is 2.44. The van der Waals surface area contributed by atoms with E-state index in [1.807, 2.05) is 26.0 Å². The Bertz CT molecular complexity index is 625. The van der Waals surface area contributed by atoms with Crippen LogP contribution in [-0.4, -0.2) is 29.4 Å². The molecule has 24 heavy (non-hydrogen) atoms. The Balaban J connectivity index is 3.47. The SMILES string of the molecule is CCOc1cc(C#C[Si](C)(C)C)c(OCC)cc1C#C[Si](C)(C)C. The summed E-state index contributed by atoms with van der Waals surface area (Å²) in [5.74, 6) is 8.20. The largest absolute Gasteiger partial charge is 0.493 e. The van der Waals surface area contributed by atoms with Gasteiger partial charge in [0.05, 0.1) is 24.3 Å². The molecule has 0 fully saturated rings. The first-order valence-corrected chi connectivity index (χ1v) is 15.6. The first kappa shape index (κ1) is 20.4. The van der Waals surface area contributed by atoms with Crippen LogP contribution in [0.5, 0.6) is 11.5 Å². The van der Waals surface area contributed by atoms with Crippen LogP contribution in [0, 0.1) is 22.9 Å². The molecule has 0 heterocycles. The summed E-state index contributed by atoms with van der Waals surface area (Å²) in [5.41, 5.74) is 8.59. The summed E-state index contributed by atoms with van der Waals surface area (Å²) < 4.78 is 11.6. The fourth-order valence-corrected chi connectivity index (χ4v) is 2.83. The van der Waals surface area contributed by atoms with E-state index in [4.69, 9.17) is 9.47 Å². The van der Waals surface area contributed by atoms with E-state index in [1.54, 1.807) is 0 Å². The third kappa shape index (κ3) is 7.30. The lowest BCUT2D eigenvalue weighted by atomic mass is 10.1. The predicted octanol–water partition coefficient (Wildman–Crippen LogP) is 4.94. The fraction of sp³-hybridized carbons (Fsp3) is 0.500. The first-order chi connectivity index (χ1) is 11.1. The van der Waals surface area contributed by atoms with Crippen molar-refractivity contribution in [1.29, 1.82) is 0 Å². The first-order valence-electron chi connectivity index (χ1n) is 8.55. The predicted molar refractivity (Wildman–Crippen MR) is 109 cm³/mol. The molecule has 0 bridgehead atoms. The number of hydrogen-bond donors (Lipinski definition) is 0. The third-order valence-corrected chi connectivity index (χ3v) is 4.58. The molecule has 4 heteroatoms. The van der Waals surface area contributed by atoms with Crippen LogP contribution in [0.25, 0.3) is 0 Å². The quantitative estimate of drug-likeness (QED) is 0.560. The molecule has 0 aliphatic rings. The van der Waals surface area contributed by atoms with Gasteiger partial charge in [-0.15, -0.1) is 11.1 Å². The lowest BCUT2D eigenvalue weighted by Gasteiger charge is -2.13. The van der Waals surface area contributed by atoms with E-state index in [0.717, 1.165) is 22.6 Å².